The standard InChI is InChI=1S/C21H15N3O5/c1-28-20-12-16(24(26)27)7-9-18(20)19-10-8-17(29-19)11-14(13-22)21(25)23-15-5-3-2-4-6-15/h2-12H,1H3,(H,23,25). The monoisotopic (exact) mass is 389 g/mol. The molecule has 2 aromatic carbocycles. The molecule has 1 N–H and O–H groups in total. The third-order valence-corrected chi connectivity index (χ3v) is 3.97. The van der Waals surface area contributed by atoms with Crippen molar-refractivity contribution in [3.63, 3.8) is 0 Å². The molecule has 1 heterocycles. The molecule has 0 unspecified atom stereocenters. The van der Waals surface area contributed by atoms with Gasteiger partial charge in [-0.1, -0.05) is 18.2 Å². The van der Waals surface area contributed by atoms with E-state index in [1.807, 2.05) is 12.1 Å². The van der Waals surface area contributed by atoms with E-state index in [2.05, 4.69) is 5.32 Å². The Kier molecular flexibility index (Phi) is 5.71. The molecule has 8 heteroatoms. The Morgan fingerprint density at radius 3 is 2.62 bits per heavy atom. The highest BCUT2D eigenvalue weighted by molar-refractivity contribution is 6.09. The van der Waals surface area contributed by atoms with Crippen molar-refractivity contribution in [2.45, 2.75) is 0 Å². The molecule has 3 aromatic rings. The van der Waals surface area contributed by atoms with E-state index in [0.29, 0.717) is 17.0 Å². The summed E-state index contributed by atoms with van der Waals surface area (Å²) in [6.45, 7) is 0. The van der Waals surface area contributed by atoms with Crippen molar-refractivity contribution in [2.24, 2.45) is 0 Å². The van der Waals surface area contributed by atoms with Gasteiger partial charge in [0.2, 0.25) is 0 Å². The van der Waals surface area contributed by atoms with Crippen LogP contribution in [0.2, 0.25) is 0 Å². The zero-order valence-corrected chi connectivity index (χ0v) is 15.3. The molecule has 144 valence electrons. The van der Waals surface area contributed by atoms with Crippen LogP contribution in [0, 0.1) is 21.4 Å². The molecule has 29 heavy (non-hydrogen) atoms. The van der Waals surface area contributed by atoms with E-state index in [-0.39, 0.29) is 22.8 Å². The molecule has 0 spiro atoms. The predicted molar refractivity (Wildman–Crippen MR) is 106 cm³/mol. The molecule has 3 rings (SSSR count). The SMILES string of the molecule is COc1cc([N+](=O)[O-])ccc1-c1ccc(C=C(C#N)C(=O)Nc2ccccc2)o1. The predicted octanol–water partition coefficient (Wildman–Crippen LogP) is 4.41. The summed E-state index contributed by atoms with van der Waals surface area (Å²) in [4.78, 5) is 22.7. The first kappa shape index (κ1) is 19.4. The summed E-state index contributed by atoms with van der Waals surface area (Å²) in [5.74, 6) is 0.361. The number of hydrogen-bond donors (Lipinski definition) is 1. The van der Waals surface area contributed by atoms with E-state index in [1.54, 1.807) is 36.4 Å². The summed E-state index contributed by atoms with van der Waals surface area (Å²) < 4.78 is 10.9. The van der Waals surface area contributed by atoms with Crippen LogP contribution >= 0.6 is 0 Å². The normalized spacial score (nSPS) is 10.8. The highest BCUT2D eigenvalue weighted by Gasteiger charge is 2.16. The number of carbonyl (C=O) groups excluding carboxylic acids is 1. The summed E-state index contributed by atoms with van der Waals surface area (Å²) in [6, 6.07) is 18.0. The molecule has 0 aliphatic rings. The van der Waals surface area contributed by atoms with Crippen LogP contribution in [0.5, 0.6) is 5.75 Å². The van der Waals surface area contributed by atoms with E-state index >= 15 is 0 Å². The average molecular weight is 389 g/mol. The van der Waals surface area contributed by atoms with Gasteiger partial charge < -0.3 is 14.5 Å². The Morgan fingerprint density at radius 2 is 1.97 bits per heavy atom. The molecule has 0 saturated carbocycles. The number of nitro benzene ring substituents is 1. The van der Waals surface area contributed by atoms with Crippen LogP contribution in [0.25, 0.3) is 17.4 Å². The molecular formula is C21H15N3O5. The number of nitrogens with one attached hydrogen (secondary N) is 1. The number of carbonyl (C=O) groups is 1. The quantitative estimate of drug-likeness (QED) is 0.289. The van der Waals surface area contributed by atoms with Gasteiger partial charge in [0.25, 0.3) is 11.6 Å². The van der Waals surface area contributed by atoms with Gasteiger partial charge in [0.05, 0.1) is 23.7 Å². The van der Waals surface area contributed by atoms with E-state index in [1.165, 1.54) is 31.4 Å². The lowest BCUT2D eigenvalue weighted by atomic mass is 10.1. The fraction of sp³-hybridized carbons (Fsp3) is 0.0476. The number of benzene rings is 2. The fourth-order valence-corrected chi connectivity index (χ4v) is 2.58. The Hall–Kier alpha value is -4.38. The van der Waals surface area contributed by atoms with E-state index in [9.17, 15) is 20.2 Å². The topological polar surface area (TPSA) is 118 Å². The van der Waals surface area contributed by atoms with Crippen LogP contribution in [0.1, 0.15) is 5.76 Å². The number of para-hydroxylation sites is 1. The summed E-state index contributed by atoms with van der Waals surface area (Å²) in [5, 5.41) is 22.9. The zero-order valence-electron chi connectivity index (χ0n) is 15.3. The van der Waals surface area contributed by atoms with Crippen LogP contribution in [0.4, 0.5) is 11.4 Å². The van der Waals surface area contributed by atoms with Crippen molar-refractivity contribution in [2.75, 3.05) is 12.4 Å². The highest BCUT2D eigenvalue weighted by Crippen LogP contribution is 2.34. The van der Waals surface area contributed by atoms with Gasteiger partial charge in [-0.25, -0.2) is 0 Å². The number of anilines is 1. The molecule has 8 nitrogen and oxygen atoms in total. The van der Waals surface area contributed by atoms with Crippen molar-refractivity contribution < 1.29 is 18.9 Å². The van der Waals surface area contributed by atoms with Crippen LogP contribution in [-0.2, 0) is 4.79 Å². The second-order valence-electron chi connectivity index (χ2n) is 5.83. The second kappa shape index (κ2) is 8.54. The Bertz CT molecular complexity index is 1130. The van der Waals surface area contributed by atoms with E-state index in [4.69, 9.17) is 9.15 Å². The smallest absolute Gasteiger partial charge is 0.273 e. The first-order valence-corrected chi connectivity index (χ1v) is 8.42. The molecule has 0 aliphatic heterocycles. The van der Waals surface area contributed by atoms with E-state index in [0.717, 1.165) is 0 Å². The van der Waals surface area contributed by atoms with Crippen molar-refractivity contribution in [1.29, 1.82) is 5.26 Å². The van der Waals surface area contributed by atoms with Crippen LogP contribution < -0.4 is 10.1 Å². The first-order chi connectivity index (χ1) is 14.0. The zero-order chi connectivity index (χ0) is 20.8. The number of nitriles is 1. The number of nitro groups is 1. The Labute approximate surface area is 165 Å². The molecule has 0 radical (unpaired) electrons. The maximum Gasteiger partial charge on any atom is 0.273 e. The van der Waals surface area contributed by atoms with Gasteiger partial charge in [-0.2, -0.15) is 5.26 Å². The minimum absolute atomic E-state index is 0.110. The first-order valence-electron chi connectivity index (χ1n) is 8.42. The minimum atomic E-state index is -0.565. The van der Waals surface area contributed by atoms with Crippen LogP contribution in [0.15, 0.2) is 70.7 Å². The fourth-order valence-electron chi connectivity index (χ4n) is 2.58. The number of ether oxygens (including phenoxy) is 1. The van der Waals surface area contributed by atoms with Gasteiger partial charge in [0.1, 0.15) is 28.9 Å². The molecule has 0 fully saturated rings. The lowest BCUT2D eigenvalue weighted by molar-refractivity contribution is -0.384. The molecular weight excluding hydrogens is 374 g/mol. The molecule has 0 aliphatic carbocycles. The Balaban J connectivity index is 1.86. The summed E-state index contributed by atoms with van der Waals surface area (Å²) in [5.41, 5.74) is 0.825. The number of amides is 1. The van der Waals surface area contributed by atoms with Crippen LogP contribution in [0.3, 0.4) is 0 Å². The Morgan fingerprint density at radius 1 is 1.21 bits per heavy atom. The summed E-state index contributed by atoms with van der Waals surface area (Å²) in [7, 11) is 1.40. The van der Waals surface area contributed by atoms with Gasteiger partial charge in [-0.05, 0) is 30.3 Å². The number of nitrogens with zero attached hydrogens (tertiary/aromatic N) is 2. The lowest BCUT2D eigenvalue weighted by Gasteiger charge is -2.05. The van der Waals surface area contributed by atoms with Gasteiger partial charge in [0, 0.05) is 17.8 Å². The number of non-ortho nitro benzene ring substituents is 1. The average Bonchev–Trinajstić information content (AvgIpc) is 3.20. The van der Waals surface area contributed by atoms with Gasteiger partial charge in [0.15, 0.2) is 0 Å². The number of rotatable bonds is 6. The van der Waals surface area contributed by atoms with Crippen molar-refractivity contribution in [1.82, 2.24) is 0 Å². The molecule has 0 saturated heterocycles. The van der Waals surface area contributed by atoms with Gasteiger partial charge >= 0.3 is 0 Å². The van der Waals surface area contributed by atoms with E-state index < -0.39 is 10.8 Å². The molecule has 0 atom stereocenters. The van der Waals surface area contributed by atoms with Crippen molar-refractivity contribution in [3.8, 4) is 23.1 Å². The third kappa shape index (κ3) is 4.48. The second-order valence-corrected chi connectivity index (χ2v) is 5.83. The maximum absolute atomic E-state index is 12.3. The molecule has 1 amide bonds. The number of methoxy groups -OCH3 is 1. The third-order valence-electron chi connectivity index (χ3n) is 3.97. The van der Waals surface area contributed by atoms with Gasteiger partial charge in [-0.15, -0.1) is 0 Å². The van der Waals surface area contributed by atoms with Crippen molar-refractivity contribution >= 4 is 23.4 Å². The maximum atomic E-state index is 12.3. The minimum Gasteiger partial charge on any atom is -0.496 e. The molecule has 0 bridgehead atoms. The summed E-state index contributed by atoms with van der Waals surface area (Å²) >= 11 is 0. The molecule has 1 aromatic heterocycles. The van der Waals surface area contributed by atoms with Crippen LogP contribution in [-0.4, -0.2) is 17.9 Å². The highest BCUT2D eigenvalue weighted by atomic mass is 16.6. The number of hydrogen-bond acceptors (Lipinski definition) is 6. The lowest BCUT2D eigenvalue weighted by Crippen LogP contribution is -2.13. The number of furan rings is 1. The largest absolute Gasteiger partial charge is 0.496 e. The van der Waals surface area contributed by atoms with Gasteiger partial charge in [-0.3, -0.25) is 14.9 Å². The summed E-state index contributed by atoms with van der Waals surface area (Å²) in [6.07, 6.45) is 1.32. The van der Waals surface area contributed by atoms with Crippen molar-refractivity contribution in [3.05, 3.63) is 82.1 Å².